The first kappa shape index (κ1) is 30.6. The molecule has 0 amide bonds. The molecule has 4 aromatic carbocycles. The summed E-state index contributed by atoms with van der Waals surface area (Å²) in [6, 6.07) is 40.0. The van der Waals surface area contributed by atoms with E-state index < -0.39 is 0 Å². The molecule has 1 saturated heterocycles. The zero-order valence-electron chi connectivity index (χ0n) is 24.5. The van der Waals surface area contributed by atoms with Gasteiger partial charge in [-0.3, -0.25) is 4.79 Å². The molecule has 4 atom stereocenters. The summed E-state index contributed by atoms with van der Waals surface area (Å²) in [6.07, 6.45) is 0.233. The van der Waals surface area contributed by atoms with Gasteiger partial charge in [-0.25, -0.2) is 0 Å². The van der Waals surface area contributed by atoms with Crippen molar-refractivity contribution in [2.45, 2.75) is 70.1 Å². The molecule has 1 aliphatic heterocycles. The van der Waals surface area contributed by atoms with Crippen LogP contribution in [0.5, 0.6) is 0 Å². The molecule has 1 heterocycles. The SMILES string of the molecule is O=C(CC[C@@H]1C[C@@H](OCc2ccccc2)[C@H](OCc2ccccc2)[C@@H](COCc2ccccc2)O1)OCc1ccccc1. The zero-order chi connectivity index (χ0) is 29.5. The second-order valence-corrected chi connectivity index (χ2v) is 10.8. The number of esters is 1. The second-order valence-electron chi connectivity index (χ2n) is 10.8. The molecule has 43 heavy (non-hydrogen) atoms. The van der Waals surface area contributed by atoms with Gasteiger partial charge in [-0.2, -0.15) is 0 Å². The van der Waals surface area contributed by atoms with Gasteiger partial charge in [0.1, 0.15) is 18.8 Å². The van der Waals surface area contributed by atoms with Crippen LogP contribution in [0.25, 0.3) is 0 Å². The maximum Gasteiger partial charge on any atom is 0.306 e. The molecule has 5 rings (SSSR count). The van der Waals surface area contributed by atoms with Crippen LogP contribution in [0, 0.1) is 0 Å². The van der Waals surface area contributed by atoms with Gasteiger partial charge in [0.2, 0.25) is 0 Å². The lowest BCUT2D eigenvalue weighted by Gasteiger charge is -2.41. The lowest BCUT2D eigenvalue weighted by molar-refractivity contribution is -0.221. The molecule has 0 aliphatic carbocycles. The molecule has 0 spiro atoms. The smallest absolute Gasteiger partial charge is 0.306 e. The Morgan fingerprint density at radius 3 is 1.67 bits per heavy atom. The highest BCUT2D eigenvalue weighted by Crippen LogP contribution is 2.30. The van der Waals surface area contributed by atoms with E-state index in [-0.39, 0.29) is 43.4 Å². The number of hydrogen-bond donors (Lipinski definition) is 0. The van der Waals surface area contributed by atoms with Gasteiger partial charge < -0.3 is 23.7 Å². The molecule has 6 nitrogen and oxygen atoms in total. The highest BCUT2D eigenvalue weighted by atomic mass is 16.6. The van der Waals surface area contributed by atoms with E-state index in [1.54, 1.807) is 0 Å². The van der Waals surface area contributed by atoms with E-state index in [4.69, 9.17) is 23.7 Å². The van der Waals surface area contributed by atoms with E-state index in [1.807, 2.05) is 109 Å². The number of rotatable bonds is 15. The molecule has 0 N–H and O–H groups in total. The van der Waals surface area contributed by atoms with E-state index in [0.717, 1.165) is 22.3 Å². The van der Waals surface area contributed by atoms with Gasteiger partial charge in [0, 0.05) is 12.8 Å². The number of benzene rings is 4. The van der Waals surface area contributed by atoms with Gasteiger partial charge in [-0.05, 0) is 28.7 Å². The van der Waals surface area contributed by atoms with Crippen molar-refractivity contribution in [1.29, 1.82) is 0 Å². The van der Waals surface area contributed by atoms with E-state index >= 15 is 0 Å². The van der Waals surface area contributed by atoms with Crippen LogP contribution in [0.4, 0.5) is 0 Å². The summed E-state index contributed by atoms with van der Waals surface area (Å²) in [4.78, 5) is 12.6. The van der Waals surface area contributed by atoms with Crippen molar-refractivity contribution >= 4 is 5.97 Å². The van der Waals surface area contributed by atoms with Crippen molar-refractivity contribution in [3.05, 3.63) is 144 Å². The standard InChI is InChI=1S/C37H40O6/c38-36(41-26-31-17-9-3-10-18-31)22-21-33-23-34(40-25-30-15-7-2-8-16-30)37(42-27-32-19-11-4-12-20-32)35(43-33)28-39-24-29-13-5-1-6-14-29/h1-20,33-35,37H,21-28H2/t33-,34-,35-,37+/m1/s1. The molecule has 6 heteroatoms. The van der Waals surface area contributed by atoms with Crippen molar-refractivity contribution in [3.63, 3.8) is 0 Å². The van der Waals surface area contributed by atoms with Gasteiger partial charge in [-0.15, -0.1) is 0 Å². The Kier molecular flexibility index (Phi) is 11.9. The van der Waals surface area contributed by atoms with Crippen LogP contribution in [0.1, 0.15) is 41.5 Å². The molecule has 1 aliphatic rings. The predicted molar refractivity (Wildman–Crippen MR) is 165 cm³/mol. The van der Waals surface area contributed by atoms with Crippen molar-refractivity contribution < 1.29 is 28.5 Å². The Labute approximate surface area is 254 Å². The maximum atomic E-state index is 12.6. The molecule has 0 bridgehead atoms. The lowest BCUT2D eigenvalue weighted by atomic mass is 9.95. The van der Waals surface area contributed by atoms with Crippen LogP contribution >= 0.6 is 0 Å². The maximum absolute atomic E-state index is 12.6. The Bertz CT molecular complexity index is 1330. The molecule has 0 unspecified atom stereocenters. The Hall–Kier alpha value is -3.81. The number of carbonyl (C=O) groups excluding carboxylic acids is 1. The van der Waals surface area contributed by atoms with E-state index in [1.165, 1.54) is 0 Å². The minimum Gasteiger partial charge on any atom is -0.461 e. The molecule has 1 fully saturated rings. The molecule has 0 saturated carbocycles. The molecular weight excluding hydrogens is 540 g/mol. The fourth-order valence-corrected chi connectivity index (χ4v) is 5.21. The van der Waals surface area contributed by atoms with Crippen LogP contribution in [0.3, 0.4) is 0 Å². The quantitative estimate of drug-likeness (QED) is 0.140. The number of ether oxygens (including phenoxy) is 5. The van der Waals surface area contributed by atoms with Gasteiger partial charge in [0.15, 0.2) is 0 Å². The van der Waals surface area contributed by atoms with Crippen LogP contribution in [-0.2, 0) is 54.9 Å². The lowest BCUT2D eigenvalue weighted by Crippen LogP contribution is -2.52. The second kappa shape index (κ2) is 16.7. The summed E-state index contributed by atoms with van der Waals surface area (Å²) in [5.41, 5.74) is 4.23. The van der Waals surface area contributed by atoms with Crippen LogP contribution in [-0.4, -0.2) is 37.0 Å². The number of hydrogen-bond acceptors (Lipinski definition) is 6. The average molecular weight is 581 g/mol. The molecular formula is C37H40O6. The summed E-state index contributed by atoms with van der Waals surface area (Å²) in [5.74, 6) is -0.242. The first-order chi connectivity index (χ1) is 21.2. The third-order valence-corrected chi connectivity index (χ3v) is 7.49. The van der Waals surface area contributed by atoms with Gasteiger partial charge in [0.05, 0.1) is 38.6 Å². The largest absolute Gasteiger partial charge is 0.461 e. The van der Waals surface area contributed by atoms with Gasteiger partial charge in [-0.1, -0.05) is 121 Å². The highest BCUT2D eigenvalue weighted by molar-refractivity contribution is 5.69. The number of carbonyl (C=O) groups is 1. The normalized spacial score (nSPS) is 20.0. The van der Waals surface area contributed by atoms with E-state index in [2.05, 4.69) is 12.1 Å². The Morgan fingerprint density at radius 1 is 0.628 bits per heavy atom. The summed E-state index contributed by atoms with van der Waals surface area (Å²) in [7, 11) is 0. The van der Waals surface area contributed by atoms with Gasteiger partial charge >= 0.3 is 5.97 Å². The minimum absolute atomic E-state index is 0.202. The Morgan fingerprint density at radius 2 is 1.12 bits per heavy atom. The Balaban J connectivity index is 1.25. The third-order valence-electron chi connectivity index (χ3n) is 7.49. The molecule has 224 valence electrons. The predicted octanol–water partition coefficient (Wildman–Crippen LogP) is 7.06. The minimum atomic E-state index is -0.368. The fraction of sp³-hybridized carbons (Fsp3) is 0.324. The molecule has 0 radical (unpaired) electrons. The van der Waals surface area contributed by atoms with Gasteiger partial charge in [0.25, 0.3) is 0 Å². The molecule has 4 aromatic rings. The average Bonchev–Trinajstić information content (AvgIpc) is 3.07. The first-order valence-electron chi connectivity index (χ1n) is 15.0. The van der Waals surface area contributed by atoms with Crippen LogP contribution in [0.2, 0.25) is 0 Å². The summed E-state index contributed by atoms with van der Waals surface area (Å²) < 4.78 is 31.3. The van der Waals surface area contributed by atoms with Crippen molar-refractivity contribution in [1.82, 2.24) is 0 Å². The fourth-order valence-electron chi connectivity index (χ4n) is 5.21. The summed E-state index contributed by atoms with van der Waals surface area (Å²) in [6.45, 7) is 1.97. The van der Waals surface area contributed by atoms with Crippen LogP contribution in [0.15, 0.2) is 121 Å². The monoisotopic (exact) mass is 580 g/mol. The molecule has 0 aromatic heterocycles. The van der Waals surface area contributed by atoms with E-state index in [0.29, 0.717) is 39.3 Å². The third kappa shape index (κ3) is 10.2. The van der Waals surface area contributed by atoms with Crippen LogP contribution < -0.4 is 0 Å². The topological polar surface area (TPSA) is 63.2 Å². The summed E-state index contributed by atoms with van der Waals surface area (Å²) >= 11 is 0. The highest BCUT2D eigenvalue weighted by Gasteiger charge is 2.40. The zero-order valence-corrected chi connectivity index (χ0v) is 24.5. The van der Waals surface area contributed by atoms with Crippen molar-refractivity contribution in [3.8, 4) is 0 Å². The van der Waals surface area contributed by atoms with E-state index in [9.17, 15) is 4.79 Å². The summed E-state index contributed by atoms with van der Waals surface area (Å²) in [5, 5.41) is 0. The van der Waals surface area contributed by atoms with Crippen molar-refractivity contribution in [2.24, 2.45) is 0 Å². The van der Waals surface area contributed by atoms with Crippen molar-refractivity contribution in [2.75, 3.05) is 6.61 Å². The first-order valence-corrected chi connectivity index (χ1v) is 15.0.